The average Bonchev–Trinajstić information content (AvgIpc) is 2.96. The van der Waals surface area contributed by atoms with E-state index in [1.165, 1.54) is 6.92 Å². The molecule has 0 heterocycles. The van der Waals surface area contributed by atoms with E-state index < -0.39 is 11.4 Å². The van der Waals surface area contributed by atoms with Gasteiger partial charge in [-0.25, -0.2) is 0 Å². The van der Waals surface area contributed by atoms with Crippen LogP contribution in [0.5, 0.6) is 0 Å². The molecule has 1 fully saturated rings. The Labute approximate surface area is 141 Å². The van der Waals surface area contributed by atoms with Gasteiger partial charge >= 0.3 is 5.97 Å². The fraction of sp³-hybridized carbons (Fsp3) is 0.500. The monoisotopic (exact) mass is 332 g/mol. The Morgan fingerprint density at radius 2 is 1.75 bits per heavy atom. The number of carboxylic acid groups (broad SMARTS) is 1. The molecule has 24 heavy (non-hydrogen) atoms. The summed E-state index contributed by atoms with van der Waals surface area (Å²) in [5.41, 5.74) is 1.98. The van der Waals surface area contributed by atoms with E-state index in [0.29, 0.717) is 24.2 Å². The van der Waals surface area contributed by atoms with Crippen molar-refractivity contribution in [3.63, 3.8) is 0 Å². The molecule has 1 aliphatic rings. The van der Waals surface area contributed by atoms with E-state index in [-0.39, 0.29) is 18.2 Å². The Hall–Kier alpha value is -2.37. The van der Waals surface area contributed by atoms with E-state index in [0.717, 1.165) is 24.0 Å². The minimum atomic E-state index is -0.941. The highest BCUT2D eigenvalue weighted by atomic mass is 16.4. The highest BCUT2D eigenvalue weighted by molar-refractivity contribution is 5.97. The second-order valence-corrected chi connectivity index (χ2v) is 6.63. The molecule has 0 saturated heterocycles. The number of hydrogen-bond acceptors (Lipinski definition) is 3. The summed E-state index contributed by atoms with van der Waals surface area (Å²) < 4.78 is 0. The molecule has 0 aliphatic heterocycles. The quantitative estimate of drug-likeness (QED) is 0.771. The summed E-state index contributed by atoms with van der Waals surface area (Å²) in [6, 6.07) is 3.59. The summed E-state index contributed by atoms with van der Waals surface area (Å²) in [4.78, 5) is 35.3. The molecule has 2 rings (SSSR count). The molecule has 0 bridgehead atoms. The predicted molar refractivity (Wildman–Crippen MR) is 92.0 cm³/mol. The van der Waals surface area contributed by atoms with E-state index in [1.54, 1.807) is 6.07 Å². The largest absolute Gasteiger partial charge is 0.481 e. The van der Waals surface area contributed by atoms with Crippen molar-refractivity contribution in [2.45, 2.75) is 52.9 Å². The molecule has 0 spiro atoms. The summed E-state index contributed by atoms with van der Waals surface area (Å²) in [5, 5.41) is 15.1. The molecule has 0 unspecified atom stereocenters. The smallest absolute Gasteiger partial charge is 0.310 e. The maximum atomic E-state index is 12.4. The van der Waals surface area contributed by atoms with Crippen molar-refractivity contribution in [1.82, 2.24) is 0 Å². The van der Waals surface area contributed by atoms with Crippen LogP contribution in [0.1, 0.15) is 50.2 Å². The van der Waals surface area contributed by atoms with Gasteiger partial charge in [0.2, 0.25) is 11.8 Å². The summed E-state index contributed by atoms with van der Waals surface area (Å²) in [6.07, 6.45) is 2.75. The van der Waals surface area contributed by atoms with Crippen molar-refractivity contribution in [3.8, 4) is 0 Å². The van der Waals surface area contributed by atoms with Crippen molar-refractivity contribution in [1.29, 1.82) is 0 Å². The number of nitrogens with one attached hydrogen (secondary N) is 2. The predicted octanol–water partition coefficient (Wildman–Crippen LogP) is 3.24. The fourth-order valence-corrected chi connectivity index (χ4v) is 3.37. The van der Waals surface area contributed by atoms with Crippen LogP contribution < -0.4 is 10.6 Å². The van der Waals surface area contributed by atoms with Gasteiger partial charge in [-0.15, -0.1) is 0 Å². The van der Waals surface area contributed by atoms with Gasteiger partial charge in [0.05, 0.1) is 5.41 Å². The van der Waals surface area contributed by atoms with E-state index in [1.807, 2.05) is 19.9 Å². The Bertz CT molecular complexity index is 676. The van der Waals surface area contributed by atoms with E-state index in [4.69, 9.17) is 0 Å². The maximum Gasteiger partial charge on any atom is 0.310 e. The molecule has 130 valence electrons. The fourth-order valence-electron chi connectivity index (χ4n) is 3.37. The second kappa shape index (κ2) is 7.03. The summed E-state index contributed by atoms with van der Waals surface area (Å²) in [6.45, 7) is 5.12. The van der Waals surface area contributed by atoms with Gasteiger partial charge in [0, 0.05) is 24.7 Å². The minimum Gasteiger partial charge on any atom is -0.481 e. The summed E-state index contributed by atoms with van der Waals surface area (Å²) in [7, 11) is 0. The lowest BCUT2D eigenvalue weighted by Gasteiger charge is -2.23. The third kappa shape index (κ3) is 3.75. The Kier molecular flexibility index (Phi) is 5.26. The second-order valence-electron chi connectivity index (χ2n) is 6.63. The number of rotatable bonds is 5. The molecule has 1 aliphatic carbocycles. The van der Waals surface area contributed by atoms with Gasteiger partial charge in [-0.2, -0.15) is 0 Å². The van der Waals surface area contributed by atoms with Crippen molar-refractivity contribution in [2.24, 2.45) is 5.41 Å². The third-order valence-electron chi connectivity index (χ3n) is 4.76. The number of aryl methyl sites for hydroxylation is 1. The number of hydrogen-bond donors (Lipinski definition) is 3. The normalized spacial score (nSPS) is 15.8. The Morgan fingerprint density at radius 1 is 1.12 bits per heavy atom. The number of carbonyl (C=O) groups excluding carboxylic acids is 2. The number of amides is 2. The van der Waals surface area contributed by atoms with E-state index in [2.05, 4.69) is 10.6 Å². The number of carboxylic acids is 1. The van der Waals surface area contributed by atoms with Crippen LogP contribution in [0.25, 0.3) is 0 Å². The number of benzene rings is 1. The molecule has 6 nitrogen and oxygen atoms in total. The first-order valence-electron chi connectivity index (χ1n) is 8.16. The van der Waals surface area contributed by atoms with Gasteiger partial charge in [0.1, 0.15) is 0 Å². The zero-order chi connectivity index (χ0) is 17.9. The molecule has 0 atom stereocenters. The molecular formula is C18H24N2O4. The molecule has 1 aromatic carbocycles. The number of aliphatic carboxylic acids is 1. The van der Waals surface area contributed by atoms with Gasteiger partial charge in [-0.05, 0) is 43.9 Å². The zero-order valence-electron chi connectivity index (χ0n) is 14.4. The molecule has 0 aromatic heterocycles. The van der Waals surface area contributed by atoms with Crippen LogP contribution in [0.3, 0.4) is 0 Å². The van der Waals surface area contributed by atoms with Crippen LogP contribution in [-0.4, -0.2) is 22.9 Å². The standard InChI is InChI=1S/C18H24N2O4/c1-11-6-7-14(12(2)16(11)19-13(3)21)20-15(22)10-18(17(23)24)8-4-5-9-18/h6-7H,4-5,8-10H2,1-3H3,(H,19,21)(H,20,22)(H,23,24). The molecule has 3 N–H and O–H groups in total. The topological polar surface area (TPSA) is 95.5 Å². The number of anilines is 2. The van der Waals surface area contributed by atoms with Crippen molar-refractivity contribution >= 4 is 29.2 Å². The van der Waals surface area contributed by atoms with Crippen molar-refractivity contribution in [3.05, 3.63) is 23.3 Å². The first kappa shape index (κ1) is 18.0. The van der Waals surface area contributed by atoms with Gasteiger partial charge < -0.3 is 15.7 Å². The lowest BCUT2D eigenvalue weighted by Crippen LogP contribution is -2.32. The first-order chi connectivity index (χ1) is 11.2. The van der Waals surface area contributed by atoms with Crippen LogP contribution in [0.2, 0.25) is 0 Å². The van der Waals surface area contributed by atoms with Gasteiger partial charge in [0.25, 0.3) is 0 Å². The van der Waals surface area contributed by atoms with Crippen LogP contribution in [0.4, 0.5) is 11.4 Å². The van der Waals surface area contributed by atoms with Gasteiger partial charge in [0.15, 0.2) is 0 Å². The molecule has 0 radical (unpaired) electrons. The molecular weight excluding hydrogens is 308 g/mol. The third-order valence-corrected chi connectivity index (χ3v) is 4.76. The lowest BCUT2D eigenvalue weighted by atomic mass is 9.82. The first-order valence-corrected chi connectivity index (χ1v) is 8.16. The highest BCUT2D eigenvalue weighted by Crippen LogP contribution is 2.41. The average molecular weight is 332 g/mol. The van der Waals surface area contributed by atoms with Gasteiger partial charge in [-0.1, -0.05) is 18.9 Å². The zero-order valence-corrected chi connectivity index (χ0v) is 14.4. The minimum absolute atomic E-state index is 0.0227. The Morgan fingerprint density at radius 3 is 2.29 bits per heavy atom. The highest BCUT2D eigenvalue weighted by Gasteiger charge is 2.43. The van der Waals surface area contributed by atoms with E-state index >= 15 is 0 Å². The molecule has 2 amide bonds. The van der Waals surface area contributed by atoms with E-state index in [9.17, 15) is 19.5 Å². The molecule has 1 saturated carbocycles. The van der Waals surface area contributed by atoms with Crippen molar-refractivity contribution < 1.29 is 19.5 Å². The van der Waals surface area contributed by atoms with Crippen LogP contribution in [0, 0.1) is 19.3 Å². The molecule has 6 heteroatoms. The summed E-state index contributed by atoms with van der Waals surface area (Å²) in [5.74, 6) is -1.38. The molecule has 1 aromatic rings. The number of carbonyl (C=O) groups is 3. The Balaban J connectivity index is 2.17. The van der Waals surface area contributed by atoms with Gasteiger partial charge in [-0.3, -0.25) is 14.4 Å². The lowest BCUT2D eigenvalue weighted by molar-refractivity contribution is -0.150. The SMILES string of the molecule is CC(=O)Nc1c(C)ccc(NC(=O)CC2(C(=O)O)CCCC2)c1C. The van der Waals surface area contributed by atoms with Crippen LogP contribution >= 0.6 is 0 Å². The summed E-state index contributed by atoms with van der Waals surface area (Å²) >= 11 is 0. The van der Waals surface area contributed by atoms with Crippen molar-refractivity contribution in [2.75, 3.05) is 10.6 Å². The van der Waals surface area contributed by atoms with Crippen LogP contribution in [-0.2, 0) is 14.4 Å². The maximum absolute atomic E-state index is 12.4. The van der Waals surface area contributed by atoms with Crippen LogP contribution in [0.15, 0.2) is 12.1 Å².